The molecule has 1 aromatic heterocycles. The van der Waals surface area contributed by atoms with Crippen LogP contribution in [0.15, 0.2) is 30.9 Å². The molecule has 7 heteroatoms. The summed E-state index contributed by atoms with van der Waals surface area (Å²) in [5, 5.41) is 4.71. The normalized spacial score (nSPS) is 12.4. The number of aromatic nitrogens is 3. The first-order chi connectivity index (χ1) is 9.49. The largest absolute Gasteiger partial charge is 0.436 e. The fraction of sp³-hybridized carbons (Fsp3) is 0.308. The predicted molar refractivity (Wildman–Crippen MR) is 75.8 cm³/mol. The number of rotatable bonds is 4. The molecule has 1 unspecified atom stereocenters. The Kier molecular flexibility index (Phi) is 4.62. The zero-order valence-corrected chi connectivity index (χ0v) is 12.5. The van der Waals surface area contributed by atoms with Gasteiger partial charge in [-0.2, -0.15) is 5.10 Å². The number of ether oxygens (including phenoxy) is 1. The number of benzene rings is 1. The standard InChI is InChI=1S/C13H13Cl2N3O2/c1-8(2)12(18-7-16-6-17-18)20-13(19)10-4-3-9(14)5-11(10)15/h3-8,12H,1-2H3. The van der Waals surface area contributed by atoms with Gasteiger partial charge >= 0.3 is 5.97 Å². The molecule has 0 radical (unpaired) electrons. The first-order valence-corrected chi connectivity index (χ1v) is 6.74. The Balaban J connectivity index is 2.21. The van der Waals surface area contributed by atoms with Crippen LogP contribution in [0.25, 0.3) is 0 Å². The third-order valence-corrected chi connectivity index (χ3v) is 3.19. The molecular weight excluding hydrogens is 301 g/mol. The van der Waals surface area contributed by atoms with Crippen LogP contribution >= 0.6 is 23.2 Å². The van der Waals surface area contributed by atoms with E-state index in [0.29, 0.717) is 5.02 Å². The summed E-state index contributed by atoms with van der Waals surface area (Å²) in [5.41, 5.74) is 0.266. The van der Waals surface area contributed by atoms with Crippen molar-refractivity contribution in [1.82, 2.24) is 14.8 Å². The highest BCUT2D eigenvalue weighted by Crippen LogP contribution is 2.25. The molecule has 0 bridgehead atoms. The molecule has 106 valence electrons. The van der Waals surface area contributed by atoms with Gasteiger partial charge in [-0.25, -0.2) is 14.5 Å². The average molecular weight is 314 g/mol. The lowest BCUT2D eigenvalue weighted by atomic mass is 10.2. The van der Waals surface area contributed by atoms with Crippen LogP contribution in [0, 0.1) is 5.92 Å². The molecule has 2 rings (SSSR count). The molecular formula is C13H13Cl2N3O2. The highest BCUT2D eigenvalue weighted by molar-refractivity contribution is 6.36. The van der Waals surface area contributed by atoms with E-state index in [-0.39, 0.29) is 16.5 Å². The van der Waals surface area contributed by atoms with Crippen LogP contribution in [0.2, 0.25) is 10.0 Å². The van der Waals surface area contributed by atoms with Crippen LogP contribution in [0.3, 0.4) is 0 Å². The second-order valence-electron chi connectivity index (χ2n) is 4.54. The van der Waals surface area contributed by atoms with Crippen LogP contribution in [0.4, 0.5) is 0 Å². The summed E-state index contributed by atoms with van der Waals surface area (Å²) in [4.78, 5) is 16.0. The van der Waals surface area contributed by atoms with Crippen LogP contribution in [-0.2, 0) is 4.74 Å². The molecule has 0 aliphatic heterocycles. The van der Waals surface area contributed by atoms with E-state index in [1.54, 1.807) is 6.07 Å². The highest BCUT2D eigenvalue weighted by Gasteiger charge is 2.23. The number of halogens is 2. The van der Waals surface area contributed by atoms with Crippen molar-refractivity contribution in [2.24, 2.45) is 5.92 Å². The Morgan fingerprint density at radius 1 is 1.35 bits per heavy atom. The van der Waals surface area contributed by atoms with E-state index >= 15 is 0 Å². The SMILES string of the molecule is CC(C)C(OC(=O)c1ccc(Cl)cc1Cl)n1cncn1. The third kappa shape index (κ3) is 3.29. The molecule has 1 aromatic carbocycles. The van der Waals surface area contributed by atoms with Gasteiger partial charge in [-0.3, -0.25) is 0 Å². The molecule has 0 fully saturated rings. The minimum Gasteiger partial charge on any atom is -0.436 e. The van der Waals surface area contributed by atoms with E-state index in [0.717, 1.165) is 0 Å². The lowest BCUT2D eigenvalue weighted by molar-refractivity contribution is -0.0147. The maximum Gasteiger partial charge on any atom is 0.341 e. The van der Waals surface area contributed by atoms with Crippen molar-refractivity contribution in [3.05, 3.63) is 46.5 Å². The zero-order chi connectivity index (χ0) is 14.7. The van der Waals surface area contributed by atoms with Crippen molar-refractivity contribution in [1.29, 1.82) is 0 Å². The monoisotopic (exact) mass is 313 g/mol. The van der Waals surface area contributed by atoms with E-state index < -0.39 is 12.2 Å². The summed E-state index contributed by atoms with van der Waals surface area (Å²) < 4.78 is 6.95. The van der Waals surface area contributed by atoms with Gasteiger partial charge in [-0.15, -0.1) is 0 Å². The number of hydrogen-bond donors (Lipinski definition) is 0. The van der Waals surface area contributed by atoms with Gasteiger partial charge in [0.2, 0.25) is 0 Å². The number of carbonyl (C=O) groups excluding carboxylic acids is 1. The Hall–Kier alpha value is -1.59. The van der Waals surface area contributed by atoms with Crippen LogP contribution < -0.4 is 0 Å². The minimum atomic E-state index is -0.545. The molecule has 2 aromatic rings. The topological polar surface area (TPSA) is 57.0 Å². The summed E-state index contributed by atoms with van der Waals surface area (Å²) in [6.45, 7) is 3.84. The maximum atomic E-state index is 12.2. The quantitative estimate of drug-likeness (QED) is 0.809. The highest BCUT2D eigenvalue weighted by atomic mass is 35.5. The molecule has 0 saturated carbocycles. The smallest absolute Gasteiger partial charge is 0.341 e. The van der Waals surface area contributed by atoms with Crippen LogP contribution in [0.1, 0.15) is 30.4 Å². The molecule has 1 heterocycles. The molecule has 1 atom stereocenters. The summed E-state index contributed by atoms with van der Waals surface area (Å²) in [7, 11) is 0. The lowest BCUT2D eigenvalue weighted by Crippen LogP contribution is -2.22. The van der Waals surface area contributed by atoms with E-state index in [1.807, 2.05) is 13.8 Å². The van der Waals surface area contributed by atoms with Crippen molar-refractivity contribution in [3.63, 3.8) is 0 Å². The predicted octanol–water partition coefficient (Wildman–Crippen LogP) is 3.60. The van der Waals surface area contributed by atoms with E-state index in [9.17, 15) is 4.79 Å². The average Bonchev–Trinajstić information content (AvgIpc) is 2.88. The summed E-state index contributed by atoms with van der Waals surface area (Å²) in [6.07, 6.45) is 2.34. The second-order valence-corrected chi connectivity index (χ2v) is 5.38. The molecule has 5 nitrogen and oxygen atoms in total. The van der Waals surface area contributed by atoms with Crippen molar-refractivity contribution in [2.75, 3.05) is 0 Å². The Morgan fingerprint density at radius 2 is 2.10 bits per heavy atom. The zero-order valence-electron chi connectivity index (χ0n) is 11.0. The molecule has 0 aliphatic carbocycles. The fourth-order valence-electron chi connectivity index (χ4n) is 1.67. The van der Waals surface area contributed by atoms with Gasteiger partial charge in [-0.05, 0) is 18.2 Å². The Bertz CT molecular complexity index is 600. The lowest BCUT2D eigenvalue weighted by Gasteiger charge is -2.21. The third-order valence-electron chi connectivity index (χ3n) is 2.65. The summed E-state index contributed by atoms with van der Waals surface area (Å²) in [5.74, 6) is -0.493. The van der Waals surface area contributed by atoms with E-state index in [1.165, 1.54) is 29.5 Å². The molecule has 20 heavy (non-hydrogen) atoms. The molecule has 0 N–H and O–H groups in total. The van der Waals surface area contributed by atoms with Crippen LogP contribution in [-0.4, -0.2) is 20.7 Å². The molecule has 0 aliphatic rings. The first-order valence-electron chi connectivity index (χ1n) is 5.99. The van der Waals surface area contributed by atoms with Gasteiger partial charge in [0.1, 0.15) is 12.7 Å². The van der Waals surface area contributed by atoms with Gasteiger partial charge < -0.3 is 4.74 Å². The molecule has 0 spiro atoms. The van der Waals surface area contributed by atoms with Crippen molar-refractivity contribution in [3.8, 4) is 0 Å². The van der Waals surface area contributed by atoms with Gasteiger partial charge in [0.25, 0.3) is 0 Å². The van der Waals surface area contributed by atoms with Crippen molar-refractivity contribution < 1.29 is 9.53 Å². The van der Waals surface area contributed by atoms with E-state index in [2.05, 4.69) is 10.1 Å². The van der Waals surface area contributed by atoms with Crippen LogP contribution in [0.5, 0.6) is 0 Å². The number of carbonyl (C=O) groups is 1. The summed E-state index contributed by atoms with van der Waals surface area (Å²) >= 11 is 11.8. The van der Waals surface area contributed by atoms with Crippen molar-refractivity contribution >= 4 is 29.2 Å². The number of nitrogens with zero attached hydrogens (tertiary/aromatic N) is 3. The Morgan fingerprint density at radius 3 is 2.65 bits per heavy atom. The van der Waals surface area contributed by atoms with Gasteiger partial charge in [0, 0.05) is 10.9 Å². The first kappa shape index (κ1) is 14.8. The number of esters is 1. The fourth-order valence-corrected chi connectivity index (χ4v) is 2.16. The minimum absolute atomic E-state index is 0.0340. The van der Waals surface area contributed by atoms with E-state index in [4.69, 9.17) is 27.9 Å². The van der Waals surface area contributed by atoms with Gasteiger partial charge in [-0.1, -0.05) is 37.0 Å². The molecule has 0 saturated heterocycles. The van der Waals surface area contributed by atoms with Gasteiger partial charge in [0.05, 0.1) is 10.6 Å². The number of hydrogen-bond acceptors (Lipinski definition) is 4. The second kappa shape index (κ2) is 6.24. The summed E-state index contributed by atoms with van der Waals surface area (Å²) in [6, 6.07) is 4.62. The maximum absolute atomic E-state index is 12.2. The Labute approximate surface area is 126 Å². The molecule has 0 amide bonds. The van der Waals surface area contributed by atoms with Gasteiger partial charge in [0.15, 0.2) is 6.23 Å². The van der Waals surface area contributed by atoms with Crippen molar-refractivity contribution in [2.45, 2.75) is 20.1 Å².